The summed E-state index contributed by atoms with van der Waals surface area (Å²) in [5, 5.41) is 8.92. The van der Waals surface area contributed by atoms with Crippen LogP contribution < -0.4 is 0 Å². The van der Waals surface area contributed by atoms with E-state index >= 15 is 0 Å². The molecule has 0 rings (SSSR count). The summed E-state index contributed by atoms with van der Waals surface area (Å²) in [7, 11) is 0. The summed E-state index contributed by atoms with van der Waals surface area (Å²) in [4.78, 5) is 10.9. The predicted molar refractivity (Wildman–Crippen MR) is 59.2 cm³/mol. The summed E-state index contributed by atoms with van der Waals surface area (Å²) in [6, 6.07) is 0. The highest BCUT2D eigenvalue weighted by molar-refractivity contribution is 5.86. The summed E-state index contributed by atoms with van der Waals surface area (Å²) >= 11 is 0. The van der Waals surface area contributed by atoms with Crippen molar-refractivity contribution in [2.75, 3.05) is 0 Å². The van der Waals surface area contributed by atoms with Crippen LogP contribution in [0.3, 0.4) is 0 Å². The Morgan fingerprint density at radius 3 is 2.21 bits per heavy atom. The number of rotatable bonds is 5. The minimum absolute atomic E-state index is 0.00928. The monoisotopic (exact) mass is 198 g/mol. The van der Waals surface area contributed by atoms with Gasteiger partial charge in [0.25, 0.3) is 0 Å². The topological polar surface area (TPSA) is 37.3 Å². The van der Waals surface area contributed by atoms with E-state index in [4.69, 9.17) is 5.11 Å². The largest absolute Gasteiger partial charge is 0.478 e. The lowest BCUT2D eigenvalue weighted by Crippen LogP contribution is -2.25. The molecule has 0 aliphatic heterocycles. The molecule has 0 spiro atoms. The third-order valence-electron chi connectivity index (χ3n) is 2.59. The minimum Gasteiger partial charge on any atom is -0.478 e. The molecule has 0 radical (unpaired) electrons. The van der Waals surface area contributed by atoms with Gasteiger partial charge in [0.15, 0.2) is 0 Å². The molecule has 14 heavy (non-hydrogen) atoms. The fourth-order valence-corrected chi connectivity index (χ4v) is 1.69. The Labute approximate surface area is 87.0 Å². The molecule has 0 aliphatic rings. The number of carbonyl (C=O) groups is 1. The second-order valence-electron chi connectivity index (χ2n) is 4.89. The maximum atomic E-state index is 10.9. The molecule has 0 aromatic carbocycles. The van der Waals surface area contributed by atoms with E-state index in [-0.39, 0.29) is 11.3 Å². The number of carboxylic acids is 1. The minimum atomic E-state index is -0.860. The molecule has 2 heteroatoms. The molecule has 0 saturated carbocycles. The molecule has 0 aromatic heterocycles. The van der Waals surface area contributed by atoms with E-state index in [2.05, 4.69) is 34.3 Å². The van der Waals surface area contributed by atoms with E-state index in [1.165, 1.54) is 0 Å². The Hall–Kier alpha value is -0.790. The lowest BCUT2D eigenvalue weighted by Gasteiger charge is -2.30. The van der Waals surface area contributed by atoms with Crippen LogP contribution in [0.25, 0.3) is 0 Å². The Morgan fingerprint density at radius 1 is 1.43 bits per heavy atom. The van der Waals surface area contributed by atoms with Gasteiger partial charge in [0, 0.05) is 5.57 Å². The highest BCUT2D eigenvalue weighted by Crippen LogP contribution is 2.35. The Morgan fingerprint density at radius 2 is 1.93 bits per heavy atom. The van der Waals surface area contributed by atoms with E-state index in [1.807, 2.05) is 0 Å². The third-order valence-corrected chi connectivity index (χ3v) is 2.59. The van der Waals surface area contributed by atoms with Crippen LogP contribution in [0, 0.1) is 11.3 Å². The van der Waals surface area contributed by atoms with Crippen LogP contribution in [0.15, 0.2) is 12.2 Å². The first-order chi connectivity index (χ1) is 6.30. The van der Waals surface area contributed by atoms with Gasteiger partial charge in [-0.15, -0.1) is 0 Å². The molecular weight excluding hydrogens is 176 g/mol. The van der Waals surface area contributed by atoms with Gasteiger partial charge in [0.05, 0.1) is 0 Å². The molecule has 0 heterocycles. The van der Waals surface area contributed by atoms with Crippen molar-refractivity contribution in [3.8, 4) is 0 Å². The summed E-state index contributed by atoms with van der Waals surface area (Å²) in [6.07, 6.45) is 3.08. The molecule has 2 nitrogen and oxygen atoms in total. The molecule has 1 atom stereocenters. The van der Waals surface area contributed by atoms with E-state index in [0.29, 0.717) is 5.57 Å². The number of unbranched alkanes of at least 4 members (excludes halogenated alkanes) is 1. The fourth-order valence-electron chi connectivity index (χ4n) is 1.69. The van der Waals surface area contributed by atoms with Gasteiger partial charge in [-0.25, -0.2) is 4.79 Å². The average Bonchev–Trinajstić information content (AvgIpc) is 2.02. The number of hydrogen-bond acceptors (Lipinski definition) is 1. The van der Waals surface area contributed by atoms with E-state index in [0.717, 1.165) is 19.3 Å². The van der Waals surface area contributed by atoms with Crippen molar-refractivity contribution >= 4 is 5.97 Å². The van der Waals surface area contributed by atoms with Gasteiger partial charge < -0.3 is 5.11 Å². The number of aliphatic carboxylic acids is 1. The molecule has 0 amide bonds. The molecule has 0 bridgehead atoms. The van der Waals surface area contributed by atoms with Crippen molar-refractivity contribution in [1.82, 2.24) is 0 Å². The predicted octanol–water partition coefficient (Wildman–Crippen LogP) is 3.48. The van der Waals surface area contributed by atoms with Crippen LogP contribution in [0.4, 0.5) is 0 Å². The number of carboxylic acid groups (broad SMARTS) is 1. The van der Waals surface area contributed by atoms with E-state index < -0.39 is 5.97 Å². The third kappa shape index (κ3) is 3.95. The second-order valence-corrected chi connectivity index (χ2v) is 4.89. The van der Waals surface area contributed by atoms with Gasteiger partial charge in [-0.05, 0) is 17.8 Å². The number of hydrogen-bond donors (Lipinski definition) is 1. The molecule has 1 unspecified atom stereocenters. The second kappa shape index (κ2) is 5.18. The fraction of sp³-hybridized carbons (Fsp3) is 0.750. The van der Waals surface area contributed by atoms with Crippen molar-refractivity contribution in [3.05, 3.63) is 12.2 Å². The summed E-state index contributed by atoms with van der Waals surface area (Å²) < 4.78 is 0. The zero-order valence-corrected chi connectivity index (χ0v) is 9.76. The Kier molecular flexibility index (Phi) is 4.89. The molecule has 82 valence electrons. The zero-order chi connectivity index (χ0) is 11.4. The zero-order valence-electron chi connectivity index (χ0n) is 9.76. The van der Waals surface area contributed by atoms with Crippen LogP contribution >= 0.6 is 0 Å². The molecule has 0 aromatic rings. The average molecular weight is 198 g/mol. The first-order valence-electron chi connectivity index (χ1n) is 5.22. The van der Waals surface area contributed by atoms with E-state index in [1.54, 1.807) is 0 Å². The van der Waals surface area contributed by atoms with Crippen molar-refractivity contribution in [3.63, 3.8) is 0 Å². The van der Waals surface area contributed by atoms with Crippen LogP contribution in [-0.2, 0) is 4.79 Å². The lowest BCUT2D eigenvalue weighted by molar-refractivity contribution is -0.133. The molecule has 0 fully saturated rings. The summed E-state index contributed by atoms with van der Waals surface area (Å²) in [5.74, 6) is -0.777. The molecular formula is C12H22O2. The highest BCUT2D eigenvalue weighted by Gasteiger charge is 2.29. The quantitative estimate of drug-likeness (QED) is 0.687. The standard InChI is InChI=1S/C12H22O2/c1-6-7-8-10(12(3,4)5)9(2)11(13)14/h10H,2,6-8H2,1,3-5H3,(H,13,14). The van der Waals surface area contributed by atoms with Gasteiger partial charge in [0.1, 0.15) is 0 Å². The van der Waals surface area contributed by atoms with Crippen molar-refractivity contribution < 1.29 is 9.90 Å². The maximum absolute atomic E-state index is 10.9. The summed E-state index contributed by atoms with van der Waals surface area (Å²) in [5.41, 5.74) is 0.343. The van der Waals surface area contributed by atoms with Crippen molar-refractivity contribution in [1.29, 1.82) is 0 Å². The van der Waals surface area contributed by atoms with Gasteiger partial charge in [0.2, 0.25) is 0 Å². The van der Waals surface area contributed by atoms with Gasteiger partial charge >= 0.3 is 5.97 Å². The maximum Gasteiger partial charge on any atom is 0.331 e. The van der Waals surface area contributed by atoms with Crippen LogP contribution in [0.2, 0.25) is 0 Å². The lowest BCUT2D eigenvalue weighted by atomic mass is 9.74. The molecule has 0 saturated heterocycles. The Bertz CT molecular complexity index is 211. The van der Waals surface area contributed by atoms with Crippen LogP contribution in [-0.4, -0.2) is 11.1 Å². The summed E-state index contributed by atoms with van der Waals surface area (Å²) in [6.45, 7) is 12.0. The van der Waals surface area contributed by atoms with E-state index in [9.17, 15) is 4.79 Å². The van der Waals surface area contributed by atoms with Crippen LogP contribution in [0.5, 0.6) is 0 Å². The molecule has 1 N–H and O–H groups in total. The SMILES string of the molecule is C=C(C(=O)O)C(CCCC)C(C)(C)C. The highest BCUT2D eigenvalue weighted by atomic mass is 16.4. The normalized spacial score (nSPS) is 13.7. The van der Waals surface area contributed by atoms with Crippen molar-refractivity contribution in [2.45, 2.75) is 47.0 Å². The molecule has 0 aliphatic carbocycles. The van der Waals surface area contributed by atoms with Gasteiger partial charge in [-0.2, -0.15) is 0 Å². The van der Waals surface area contributed by atoms with Gasteiger partial charge in [-0.3, -0.25) is 0 Å². The van der Waals surface area contributed by atoms with Crippen molar-refractivity contribution in [2.24, 2.45) is 11.3 Å². The Balaban J connectivity index is 4.56. The first-order valence-corrected chi connectivity index (χ1v) is 5.22. The smallest absolute Gasteiger partial charge is 0.331 e. The first kappa shape index (κ1) is 13.2. The van der Waals surface area contributed by atoms with Gasteiger partial charge in [-0.1, -0.05) is 47.1 Å². The van der Waals surface area contributed by atoms with Crippen LogP contribution in [0.1, 0.15) is 47.0 Å².